The molecule has 2 heterocycles. The predicted octanol–water partition coefficient (Wildman–Crippen LogP) is -0.763. The number of hydrogen-bond donors (Lipinski definition) is 2. The Bertz CT molecular complexity index is 396. The topological polar surface area (TPSA) is 87.5 Å². The van der Waals surface area contributed by atoms with Gasteiger partial charge in [0, 0.05) is 26.2 Å². The molecule has 1 aliphatic rings. The smallest absolute Gasteiger partial charge is 0.301 e. The Labute approximate surface area is 87.6 Å². The van der Waals surface area contributed by atoms with Crippen LogP contribution in [0.4, 0.5) is 5.69 Å². The first-order chi connectivity index (χ1) is 7.18. The molecular formula is C7H12N4O3S. The fourth-order valence-electron chi connectivity index (χ4n) is 1.35. The van der Waals surface area contributed by atoms with Crippen LogP contribution in [0.5, 0.6) is 0 Å². The van der Waals surface area contributed by atoms with Crippen LogP contribution in [-0.2, 0) is 10.2 Å². The summed E-state index contributed by atoms with van der Waals surface area (Å²) in [5.74, 6) is 0. The number of rotatable bonds is 3. The van der Waals surface area contributed by atoms with Gasteiger partial charge in [0.25, 0.3) is 0 Å². The summed E-state index contributed by atoms with van der Waals surface area (Å²) in [7, 11) is -3.46. The molecule has 15 heavy (non-hydrogen) atoms. The van der Waals surface area contributed by atoms with Crippen LogP contribution >= 0.6 is 0 Å². The van der Waals surface area contributed by atoms with E-state index in [-0.39, 0.29) is 0 Å². The minimum Gasteiger partial charge on any atom is -0.362 e. The van der Waals surface area contributed by atoms with Gasteiger partial charge in [0.05, 0.1) is 6.20 Å². The third-order valence-electron chi connectivity index (χ3n) is 2.10. The van der Waals surface area contributed by atoms with E-state index in [1.807, 2.05) is 0 Å². The second-order valence-electron chi connectivity index (χ2n) is 3.17. The molecular weight excluding hydrogens is 220 g/mol. The van der Waals surface area contributed by atoms with Crippen LogP contribution in [0, 0.1) is 0 Å². The molecule has 1 aromatic heterocycles. The lowest BCUT2D eigenvalue weighted by molar-refractivity contribution is 0.362. The van der Waals surface area contributed by atoms with E-state index in [1.54, 1.807) is 0 Å². The highest BCUT2D eigenvalue weighted by atomic mass is 32.2. The summed E-state index contributed by atoms with van der Waals surface area (Å²) in [5, 5.41) is 6.50. The van der Waals surface area contributed by atoms with E-state index in [1.165, 1.54) is 16.8 Å². The molecule has 1 aromatic rings. The maximum absolute atomic E-state index is 11.8. The Hall–Kier alpha value is -1.12. The van der Waals surface area contributed by atoms with E-state index in [2.05, 4.69) is 19.7 Å². The zero-order valence-electron chi connectivity index (χ0n) is 8.01. The Kier molecular flexibility index (Phi) is 2.89. The molecule has 1 fully saturated rings. The van der Waals surface area contributed by atoms with Crippen molar-refractivity contribution in [2.45, 2.75) is 0 Å². The van der Waals surface area contributed by atoms with E-state index in [9.17, 15) is 8.42 Å². The third-order valence-corrected chi connectivity index (χ3v) is 3.63. The summed E-state index contributed by atoms with van der Waals surface area (Å²) in [6.45, 7) is 2.29. The Morgan fingerprint density at radius 1 is 1.47 bits per heavy atom. The van der Waals surface area contributed by atoms with Gasteiger partial charge in [-0.2, -0.15) is 12.7 Å². The first-order valence-electron chi connectivity index (χ1n) is 4.56. The number of nitrogens with zero attached hydrogens (tertiary/aromatic N) is 2. The monoisotopic (exact) mass is 232 g/mol. The highest BCUT2D eigenvalue weighted by Crippen LogP contribution is 2.10. The van der Waals surface area contributed by atoms with E-state index in [4.69, 9.17) is 0 Å². The van der Waals surface area contributed by atoms with Gasteiger partial charge in [-0.15, -0.1) is 0 Å². The minimum atomic E-state index is -3.46. The quantitative estimate of drug-likeness (QED) is 0.715. The highest BCUT2D eigenvalue weighted by Gasteiger charge is 2.23. The lowest BCUT2D eigenvalue weighted by atomic mass is 10.4. The Morgan fingerprint density at radius 3 is 2.80 bits per heavy atom. The van der Waals surface area contributed by atoms with E-state index in [0.717, 1.165) is 0 Å². The molecule has 84 valence electrons. The van der Waals surface area contributed by atoms with Crippen LogP contribution < -0.4 is 10.0 Å². The first-order valence-corrected chi connectivity index (χ1v) is 6.00. The van der Waals surface area contributed by atoms with Crippen molar-refractivity contribution in [3.63, 3.8) is 0 Å². The van der Waals surface area contributed by atoms with Gasteiger partial charge in [0.1, 0.15) is 12.0 Å². The Balaban J connectivity index is 2.05. The number of nitrogens with one attached hydrogen (secondary N) is 2. The van der Waals surface area contributed by atoms with Crippen molar-refractivity contribution in [1.29, 1.82) is 0 Å². The average molecular weight is 232 g/mol. The molecule has 0 spiro atoms. The zero-order valence-corrected chi connectivity index (χ0v) is 8.83. The van der Waals surface area contributed by atoms with Crippen LogP contribution in [0.25, 0.3) is 0 Å². The molecule has 2 rings (SSSR count). The molecule has 8 heteroatoms. The molecule has 1 aliphatic heterocycles. The van der Waals surface area contributed by atoms with Gasteiger partial charge >= 0.3 is 10.2 Å². The number of aromatic nitrogens is 1. The molecule has 0 radical (unpaired) electrons. The molecule has 0 atom stereocenters. The molecule has 2 N–H and O–H groups in total. The molecule has 0 aromatic carbocycles. The first kappa shape index (κ1) is 10.4. The zero-order chi connectivity index (χ0) is 10.7. The van der Waals surface area contributed by atoms with E-state index in [0.29, 0.717) is 31.9 Å². The van der Waals surface area contributed by atoms with Gasteiger partial charge in [-0.05, 0) is 0 Å². The van der Waals surface area contributed by atoms with Crippen molar-refractivity contribution in [2.75, 3.05) is 30.9 Å². The van der Waals surface area contributed by atoms with Crippen molar-refractivity contribution in [3.05, 3.63) is 12.5 Å². The van der Waals surface area contributed by atoms with Gasteiger partial charge in [0.2, 0.25) is 0 Å². The SMILES string of the molecule is O=S(=O)(Nc1cnoc1)N1CCNCC1. The summed E-state index contributed by atoms with van der Waals surface area (Å²) in [6.07, 6.45) is 2.57. The predicted molar refractivity (Wildman–Crippen MR) is 53.5 cm³/mol. The van der Waals surface area contributed by atoms with Crippen molar-refractivity contribution in [2.24, 2.45) is 0 Å². The number of anilines is 1. The van der Waals surface area contributed by atoms with Crippen molar-refractivity contribution < 1.29 is 12.9 Å². The summed E-state index contributed by atoms with van der Waals surface area (Å²) in [5.41, 5.74) is 0.341. The lowest BCUT2D eigenvalue weighted by Crippen LogP contribution is -2.48. The second kappa shape index (κ2) is 4.17. The summed E-state index contributed by atoms with van der Waals surface area (Å²) in [6, 6.07) is 0. The molecule has 7 nitrogen and oxygen atoms in total. The standard InChI is InChI=1S/C7H12N4O3S/c12-15(13,10-7-5-9-14-6-7)11-3-1-8-2-4-11/h5-6,8,10H,1-4H2. The largest absolute Gasteiger partial charge is 0.362 e. The van der Waals surface area contributed by atoms with Crippen molar-refractivity contribution >= 4 is 15.9 Å². The van der Waals surface area contributed by atoms with Crippen molar-refractivity contribution in [3.8, 4) is 0 Å². The van der Waals surface area contributed by atoms with Gasteiger partial charge in [-0.1, -0.05) is 5.16 Å². The molecule has 0 aliphatic carbocycles. The highest BCUT2D eigenvalue weighted by molar-refractivity contribution is 7.90. The van der Waals surface area contributed by atoms with E-state index < -0.39 is 10.2 Å². The molecule has 0 unspecified atom stereocenters. The molecule has 0 saturated carbocycles. The van der Waals surface area contributed by atoms with Crippen LogP contribution in [-0.4, -0.2) is 44.1 Å². The number of piperazine rings is 1. The second-order valence-corrected chi connectivity index (χ2v) is 4.84. The average Bonchev–Trinajstić information content (AvgIpc) is 2.71. The summed E-state index contributed by atoms with van der Waals surface area (Å²) in [4.78, 5) is 0. The summed E-state index contributed by atoms with van der Waals surface area (Å²) >= 11 is 0. The maximum atomic E-state index is 11.8. The molecule has 1 saturated heterocycles. The van der Waals surface area contributed by atoms with Crippen LogP contribution in [0.15, 0.2) is 17.0 Å². The fraction of sp³-hybridized carbons (Fsp3) is 0.571. The Morgan fingerprint density at radius 2 is 2.20 bits per heavy atom. The number of hydrogen-bond acceptors (Lipinski definition) is 5. The molecule has 0 bridgehead atoms. The van der Waals surface area contributed by atoms with Gasteiger partial charge in [-0.25, -0.2) is 0 Å². The van der Waals surface area contributed by atoms with Gasteiger partial charge in [0.15, 0.2) is 0 Å². The lowest BCUT2D eigenvalue weighted by Gasteiger charge is -2.26. The third kappa shape index (κ3) is 2.46. The van der Waals surface area contributed by atoms with Crippen LogP contribution in [0.2, 0.25) is 0 Å². The van der Waals surface area contributed by atoms with Gasteiger partial charge < -0.3 is 9.84 Å². The fourth-order valence-corrected chi connectivity index (χ4v) is 2.54. The maximum Gasteiger partial charge on any atom is 0.301 e. The van der Waals surface area contributed by atoms with E-state index >= 15 is 0 Å². The molecule has 0 amide bonds. The van der Waals surface area contributed by atoms with Crippen molar-refractivity contribution in [1.82, 2.24) is 14.8 Å². The normalized spacial score (nSPS) is 18.9. The van der Waals surface area contributed by atoms with Gasteiger partial charge in [-0.3, -0.25) is 4.72 Å². The summed E-state index contributed by atoms with van der Waals surface area (Å²) < 4.78 is 31.8. The van der Waals surface area contributed by atoms with Crippen LogP contribution in [0.1, 0.15) is 0 Å². The van der Waals surface area contributed by atoms with Crippen LogP contribution in [0.3, 0.4) is 0 Å². The minimum absolute atomic E-state index is 0.341.